The van der Waals surface area contributed by atoms with Crippen LogP contribution in [-0.2, 0) is 30.5 Å². The van der Waals surface area contributed by atoms with E-state index in [4.69, 9.17) is 25.9 Å². The number of fused-ring (bicyclic) bond motifs is 5. The van der Waals surface area contributed by atoms with Crippen LogP contribution in [0.1, 0.15) is 95.4 Å². The Morgan fingerprint density at radius 2 is 1.77 bits per heavy atom. The maximum atomic E-state index is 17.3. The standard InChI is InChI=1S/C62H70F2N11O7SSi/c1-7-44-47(63)17-14-39-26-43(76)27-45(50(39)44)52-51(64)53-46(29-65-52)56(73-30-40-15-16-41(31-73)68-40)71-59(70-53)82-34-61-20-8-23-74(61)42(18-22-61)32-72(6)49(78)19-25-81-33-48(77)69-55(60(3,4)5)57(79)75-24-9-21-62(75,84)58(80)66-28-37-10-12-38(13-11-37)54-36(2)67-35-83-54/h1,10-14,17,26-27,29,35,40-42,55,68,76H,8-9,15-16,18-25,28,30-34H2,2-6H3,(H,66,80)(H,69,77)/t40?,41?,42-,55+,61+,62+/m0/s1. The monoisotopic (exact) mass is 1180 g/mol. The molecule has 0 aliphatic carbocycles. The number of rotatable bonds is 18. The van der Waals surface area contributed by atoms with Gasteiger partial charge in [0.25, 0.3) is 0 Å². The van der Waals surface area contributed by atoms with E-state index in [0.717, 1.165) is 66.8 Å². The van der Waals surface area contributed by atoms with Crippen molar-refractivity contribution < 1.29 is 42.5 Å². The van der Waals surface area contributed by atoms with Crippen LogP contribution in [0.5, 0.6) is 11.8 Å². The lowest BCUT2D eigenvalue weighted by Crippen LogP contribution is -2.63. The van der Waals surface area contributed by atoms with Gasteiger partial charge in [0.2, 0.25) is 23.6 Å². The number of anilines is 1. The topological polar surface area (TPSA) is 208 Å². The summed E-state index contributed by atoms with van der Waals surface area (Å²) >= 11 is 1.57. The zero-order valence-corrected chi connectivity index (χ0v) is 49.8. The summed E-state index contributed by atoms with van der Waals surface area (Å²) in [5.41, 5.74) is 3.49. The van der Waals surface area contributed by atoms with Gasteiger partial charge in [-0.15, -0.1) is 17.8 Å². The van der Waals surface area contributed by atoms with E-state index in [0.29, 0.717) is 55.6 Å². The number of halogens is 2. The van der Waals surface area contributed by atoms with Crippen molar-refractivity contribution in [2.24, 2.45) is 5.41 Å². The molecule has 0 spiro atoms. The lowest BCUT2D eigenvalue weighted by atomic mass is 9.85. The summed E-state index contributed by atoms with van der Waals surface area (Å²) < 4.78 is 44.8. The Morgan fingerprint density at radius 1 is 1.01 bits per heavy atom. The molecule has 0 saturated carbocycles. The number of terminal acetylenes is 1. The number of aromatic hydroxyl groups is 1. The largest absolute Gasteiger partial charge is 0.508 e. The summed E-state index contributed by atoms with van der Waals surface area (Å²) in [6, 6.07) is 12.9. The van der Waals surface area contributed by atoms with Crippen LogP contribution >= 0.6 is 11.3 Å². The van der Waals surface area contributed by atoms with E-state index in [1.165, 1.54) is 35.4 Å². The Bertz CT molecular complexity index is 3570. The van der Waals surface area contributed by atoms with Crippen LogP contribution in [0.3, 0.4) is 0 Å². The fourth-order valence-corrected chi connectivity index (χ4v) is 14.5. The quantitative estimate of drug-likeness (QED) is 0.0399. The minimum Gasteiger partial charge on any atom is -0.508 e. The van der Waals surface area contributed by atoms with Gasteiger partial charge in [0, 0.05) is 75.0 Å². The Labute approximate surface area is 494 Å². The van der Waals surface area contributed by atoms with Crippen molar-refractivity contribution in [3.05, 3.63) is 88.7 Å². The van der Waals surface area contributed by atoms with Gasteiger partial charge in [-0.05, 0) is 105 Å². The maximum Gasteiger partial charge on any atom is 0.319 e. The highest BCUT2D eigenvalue weighted by Gasteiger charge is 2.51. The highest BCUT2D eigenvalue weighted by Crippen LogP contribution is 2.44. The van der Waals surface area contributed by atoms with Crippen molar-refractivity contribution in [2.45, 2.75) is 127 Å². The van der Waals surface area contributed by atoms with Gasteiger partial charge >= 0.3 is 6.01 Å². The van der Waals surface area contributed by atoms with E-state index in [9.17, 15) is 24.3 Å². The Kier molecular flexibility index (Phi) is 16.5. The highest BCUT2D eigenvalue weighted by atomic mass is 32.1. The molecule has 5 fully saturated rings. The van der Waals surface area contributed by atoms with Crippen molar-refractivity contribution in [3.63, 3.8) is 0 Å². The minimum atomic E-state index is -1.31. The number of ether oxygens (including phenoxy) is 2. The molecule has 5 aliphatic rings. The summed E-state index contributed by atoms with van der Waals surface area (Å²) in [5.74, 6) is -0.122. The SMILES string of the molecule is C#Cc1c(F)ccc2cc(O)cc(-c3ncc4c(N5CC6CCC(C5)N6)nc(OC[C@]56CCCN5[C@H](CN(C)C(=O)CCOCC(=O)N[C@H](C(=O)N5CCC[C@@]5([Si])C(=O)NCc5ccc(-c7scnc7C)cc5)C(C)(C)C)CC6)nc4c3F)c12. The van der Waals surface area contributed by atoms with Crippen molar-refractivity contribution in [1.29, 1.82) is 0 Å². The van der Waals surface area contributed by atoms with Crippen LogP contribution in [0.4, 0.5) is 14.6 Å². The number of nitrogens with one attached hydrogen (secondary N) is 3. The first-order valence-corrected chi connectivity index (χ1v) is 30.3. The van der Waals surface area contributed by atoms with Crippen molar-refractivity contribution in [3.8, 4) is 45.8 Å². The van der Waals surface area contributed by atoms with Crippen LogP contribution in [0, 0.1) is 36.3 Å². The highest BCUT2D eigenvalue weighted by molar-refractivity contribution is 7.13. The Morgan fingerprint density at radius 3 is 2.50 bits per heavy atom. The van der Waals surface area contributed by atoms with Gasteiger partial charge in [0.1, 0.15) is 53.0 Å². The van der Waals surface area contributed by atoms with E-state index in [2.05, 4.69) is 51.9 Å². The number of likely N-dealkylation sites (N-methyl/N-ethyl adjacent to an activating group) is 1. The summed E-state index contributed by atoms with van der Waals surface area (Å²) in [6.45, 7) is 10.5. The third-order valence-electron chi connectivity index (χ3n) is 17.6. The molecule has 22 heteroatoms. The number of amides is 4. The zero-order chi connectivity index (χ0) is 59.2. The molecule has 4 amide bonds. The first-order chi connectivity index (χ1) is 40.2. The van der Waals surface area contributed by atoms with Gasteiger partial charge in [-0.25, -0.2) is 13.8 Å². The van der Waals surface area contributed by atoms with Gasteiger partial charge in [-0.3, -0.25) is 29.1 Å². The molecule has 2 bridgehead atoms. The fraction of sp³-hybridized carbons (Fsp3) is 0.484. The predicted molar refractivity (Wildman–Crippen MR) is 317 cm³/mol. The number of phenols is 1. The molecule has 84 heavy (non-hydrogen) atoms. The Hall–Kier alpha value is -7.16. The second kappa shape index (κ2) is 23.7. The average molecular weight is 1180 g/mol. The van der Waals surface area contributed by atoms with E-state index < -0.39 is 40.1 Å². The molecular formula is C62H70F2N11O7SSi. The predicted octanol–water partition coefficient (Wildman–Crippen LogP) is 6.76. The van der Waals surface area contributed by atoms with E-state index in [1.54, 1.807) is 23.3 Å². The fourth-order valence-electron chi connectivity index (χ4n) is 13.2. The average Bonchev–Trinajstić information content (AvgIpc) is 1.83. The number of phenolic OH excluding ortho intramolecular Hbond substituents is 1. The summed E-state index contributed by atoms with van der Waals surface area (Å²) in [4.78, 5) is 82.6. The number of aromatic nitrogens is 4. The van der Waals surface area contributed by atoms with Gasteiger partial charge in [0.05, 0.1) is 55.8 Å². The lowest BCUT2D eigenvalue weighted by Gasteiger charge is -2.39. The smallest absolute Gasteiger partial charge is 0.319 e. The van der Waals surface area contributed by atoms with Crippen LogP contribution in [0.2, 0.25) is 0 Å². The molecule has 5 saturated heterocycles. The molecular weight excluding hydrogens is 1110 g/mol. The van der Waals surface area contributed by atoms with Gasteiger partial charge in [-0.2, -0.15) is 9.97 Å². The number of aryl methyl sites for hydroxylation is 1. The molecule has 8 heterocycles. The number of nitrogens with zero attached hydrogens (tertiary/aromatic N) is 8. The number of thiazole rings is 1. The van der Waals surface area contributed by atoms with Crippen LogP contribution in [0.25, 0.3) is 43.4 Å². The molecule has 2 unspecified atom stereocenters. The molecule has 5 aliphatic heterocycles. The number of hydrogen-bond donors (Lipinski definition) is 4. The van der Waals surface area contributed by atoms with Crippen LogP contribution < -0.4 is 25.6 Å². The Balaban J connectivity index is 0.697. The van der Waals surface area contributed by atoms with E-state index in [-0.39, 0.29) is 108 Å². The first-order valence-electron chi connectivity index (χ1n) is 28.9. The number of hydrogen-bond acceptors (Lipinski definition) is 15. The third-order valence-corrected chi connectivity index (χ3v) is 19.3. The van der Waals surface area contributed by atoms with Crippen molar-refractivity contribution in [1.82, 2.24) is 50.6 Å². The van der Waals surface area contributed by atoms with Crippen LogP contribution in [0.15, 0.2) is 60.2 Å². The van der Waals surface area contributed by atoms with Crippen LogP contribution in [-0.4, -0.2) is 168 Å². The second-order valence-corrected chi connectivity index (χ2v) is 25.9. The molecule has 6 aromatic rings. The van der Waals surface area contributed by atoms with Crippen molar-refractivity contribution in [2.75, 3.05) is 64.5 Å². The number of likely N-dealkylation sites (tertiary alicyclic amines) is 1. The van der Waals surface area contributed by atoms with Gasteiger partial charge < -0.3 is 45.2 Å². The zero-order valence-electron chi connectivity index (χ0n) is 48.0. The van der Waals surface area contributed by atoms with Gasteiger partial charge in [0.15, 0.2) is 5.82 Å². The molecule has 6 atom stereocenters. The third kappa shape index (κ3) is 11.6. The van der Waals surface area contributed by atoms with E-state index in [1.807, 2.05) is 57.5 Å². The van der Waals surface area contributed by atoms with E-state index >= 15 is 8.78 Å². The second-order valence-electron chi connectivity index (χ2n) is 24.3. The molecule has 18 nitrogen and oxygen atoms in total. The molecule has 3 radical (unpaired) electrons. The molecule has 439 valence electrons. The molecule has 11 rings (SSSR count). The summed E-state index contributed by atoms with van der Waals surface area (Å²) in [6.07, 6.45) is 13.7. The summed E-state index contributed by atoms with van der Waals surface area (Å²) in [5, 5.41) is 20.0. The molecule has 3 aromatic carbocycles. The maximum absolute atomic E-state index is 17.3. The van der Waals surface area contributed by atoms with Gasteiger partial charge in [-0.1, -0.05) is 57.0 Å². The number of pyridine rings is 1. The molecule has 4 N–H and O–H groups in total. The minimum absolute atomic E-state index is 0.00569. The summed E-state index contributed by atoms with van der Waals surface area (Å²) in [7, 11) is 5.48. The number of carbonyl (C=O) groups excluding carboxylic acids is 4. The normalized spacial score (nSPS) is 22.5. The lowest BCUT2D eigenvalue weighted by molar-refractivity contribution is -0.146. The molecule has 3 aromatic heterocycles. The first kappa shape index (κ1) is 58.6. The number of piperazine rings is 1. The van der Waals surface area contributed by atoms with Crippen molar-refractivity contribution >= 4 is 72.7 Å². The number of carbonyl (C=O) groups is 4. The number of benzene rings is 3.